The Morgan fingerprint density at radius 3 is 2.82 bits per heavy atom. The molecular weight excluding hydrogens is 548 g/mol. The highest BCUT2D eigenvalue weighted by Gasteiger charge is 2.53. The lowest BCUT2D eigenvalue weighted by Crippen LogP contribution is -2.71. The number of carbonyl (C=O) groups excluding carboxylic acids is 4. The molecule has 0 aliphatic carbocycles. The molecule has 39 heavy (non-hydrogen) atoms. The second-order valence-electron chi connectivity index (χ2n) is 8.50. The molecule has 0 bridgehead atoms. The molecule has 0 spiro atoms. The minimum Gasteiger partial charge on any atom is -0.543 e. The summed E-state index contributed by atoms with van der Waals surface area (Å²) < 4.78 is 3.47. The molecule has 3 amide bonds. The smallest absolute Gasteiger partial charge is 0.286 e. The number of rotatable bonds is 9. The zero-order valence-corrected chi connectivity index (χ0v) is 22.0. The van der Waals surface area contributed by atoms with Crippen LogP contribution in [-0.4, -0.2) is 67.5 Å². The molecule has 1 fully saturated rings. The number of carbonyl (C=O) groups is 4. The number of amides is 3. The third-order valence-corrected chi connectivity index (χ3v) is 8.11. The number of oxime groups is 1. The Kier molecular flexibility index (Phi) is 6.96. The highest BCUT2D eigenvalue weighted by Crippen LogP contribution is 2.40. The number of nitrogens with zero attached hydrogens (tertiary/aromatic N) is 5. The normalized spacial score (nSPS) is 19.1. The maximum Gasteiger partial charge on any atom is 0.286 e. The summed E-state index contributed by atoms with van der Waals surface area (Å²) in [6.45, 7) is 2.06. The van der Waals surface area contributed by atoms with E-state index in [9.17, 15) is 24.3 Å². The average molecular weight is 571 g/mol. The summed E-state index contributed by atoms with van der Waals surface area (Å²) >= 11 is 2.43. The number of primary amides is 1. The van der Waals surface area contributed by atoms with Crippen LogP contribution in [0, 0.1) is 0 Å². The van der Waals surface area contributed by atoms with Crippen LogP contribution >= 0.6 is 23.1 Å². The van der Waals surface area contributed by atoms with Crippen molar-refractivity contribution in [1.29, 1.82) is 0 Å². The van der Waals surface area contributed by atoms with Gasteiger partial charge in [-0.1, -0.05) is 5.16 Å². The van der Waals surface area contributed by atoms with Crippen LogP contribution in [0.5, 0.6) is 0 Å². The summed E-state index contributed by atoms with van der Waals surface area (Å²) in [7, 11) is 0. The molecule has 0 radical (unpaired) electrons. The second kappa shape index (κ2) is 10.4. The first-order valence-electron chi connectivity index (χ1n) is 11.6. The second-order valence-corrected chi connectivity index (χ2v) is 10.5. The van der Waals surface area contributed by atoms with E-state index in [1.54, 1.807) is 46.6 Å². The van der Waals surface area contributed by atoms with Gasteiger partial charge in [0.05, 0.1) is 17.2 Å². The third kappa shape index (κ3) is 4.79. The quantitative estimate of drug-likeness (QED) is 0.115. The first-order valence-corrected chi connectivity index (χ1v) is 13.5. The summed E-state index contributed by atoms with van der Waals surface area (Å²) in [5.74, 6) is -3.09. The molecule has 2 atom stereocenters. The number of hydrogen-bond acceptors (Lipinski definition) is 11. The highest BCUT2D eigenvalue weighted by atomic mass is 32.2. The first kappa shape index (κ1) is 26.2. The van der Waals surface area contributed by atoms with E-state index in [2.05, 4.69) is 15.5 Å². The van der Waals surface area contributed by atoms with Gasteiger partial charge in [-0.15, -0.1) is 23.1 Å². The molecule has 14 nitrogen and oxygen atoms in total. The number of pyridine rings is 1. The number of thioether (sulfide) groups is 1. The van der Waals surface area contributed by atoms with Crippen molar-refractivity contribution in [2.75, 3.05) is 18.1 Å². The van der Waals surface area contributed by atoms with Gasteiger partial charge in [0.2, 0.25) is 0 Å². The monoisotopic (exact) mass is 570 g/mol. The third-order valence-electron chi connectivity index (χ3n) is 6.09. The zero-order chi connectivity index (χ0) is 27.8. The Morgan fingerprint density at radius 2 is 2.15 bits per heavy atom. The van der Waals surface area contributed by atoms with E-state index in [0.29, 0.717) is 16.8 Å². The lowest BCUT2D eigenvalue weighted by Gasteiger charge is -2.50. The predicted octanol–water partition coefficient (Wildman–Crippen LogP) is -1.79. The van der Waals surface area contributed by atoms with E-state index >= 15 is 0 Å². The number of aromatic nitrogens is 3. The number of nitrogen functional groups attached to an aromatic ring is 1. The van der Waals surface area contributed by atoms with E-state index in [1.807, 2.05) is 0 Å². The minimum atomic E-state index is -1.50. The van der Waals surface area contributed by atoms with Crippen LogP contribution in [0.4, 0.5) is 5.13 Å². The average Bonchev–Trinajstić information content (AvgIpc) is 3.52. The lowest BCUT2D eigenvalue weighted by atomic mass is 10.0. The lowest BCUT2D eigenvalue weighted by molar-refractivity contribution is -0.662. The van der Waals surface area contributed by atoms with E-state index in [1.165, 1.54) is 17.1 Å². The van der Waals surface area contributed by atoms with Gasteiger partial charge in [0.15, 0.2) is 10.8 Å². The van der Waals surface area contributed by atoms with Crippen LogP contribution < -0.4 is 26.5 Å². The number of β-lactam (4-membered cyclic amide) rings is 1. The molecule has 16 heteroatoms. The highest BCUT2D eigenvalue weighted by molar-refractivity contribution is 8.00. The van der Waals surface area contributed by atoms with E-state index < -0.39 is 35.1 Å². The van der Waals surface area contributed by atoms with Crippen molar-refractivity contribution in [3.05, 3.63) is 58.6 Å². The van der Waals surface area contributed by atoms with Crippen molar-refractivity contribution in [3.8, 4) is 0 Å². The van der Waals surface area contributed by atoms with E-state index in [4.69, 9.17) is 16.3 Å². The van der Waals surface area contributed by atoms with Crippen molar-refractivity contribution in [3.63, 3.8) is 0 Å². The van der Waals surface area contributed by atoms with Crippen molar-refractivity contribution < 1.29 is 33.7 Å². The number of nitrogens with two attached hydrogens (primary N) is 2. The Bertz CT molecular complexity index is 1580. The summed E-state index contributed by atoms with van der Waals surface area (Å²) in [5, 5.41) is 19.7. The van der Waals surface area contributed by atoms with Gasteiger partial charge in [0, 0.05) is 22.8 Å². The molecule has 0 unspecified atom stereocenters. The molecule has 0 aromatic carbocycles. The van der Waals surface area contributed by atoms with E-state index in [-0.39, 0.29) is 41.1 Å². The molecule has 5 rings (SSSR count). The molecule has 202 valence electrons. The Hall–Kier alpha value is -4.44. The first-order chi connectivity index (χ1) is 18.7. The molecule has 1 saturated heterocycles. The molecule has 2 aliphatic heterocycles. The molecule has 0 saturated carbocycles. The van der Waals surface area contributed by atoms with Crippen LogP contribution in [0.2, 0.25) is 0 Å². The predicted molar refractivity (Wildman–Crippen MR) is 138 cm³/mol. The number of fused-ring (bicyclic) bond motifs is 2. The van der Waals surface area contributed by atoms with Gasteiger partial charge in [-0.25, -0.2) is 14.0 Å². The van der Waals surface area contributed by atoms with Crippen molar-refractivity contribution >= 4 is 63.3 Å². The fourth-order valence-corrected chi connectivity index (χ4v) is 6.20. The number of nitrogens with one attached hydrogen (secondary N) is 1. The standard InChI is InChI=1S/C23H22N8O6S2/c1-2-37-28-15(13-10-39-23(25)26-13)19(33)27-16-20(34)31-17(22(35)36)12(9-38-21(16)31)8-30-6-5-29-7-11(18(24)32)3-4-14(29)30/h3-7,10,16,21H,2,8-9H2,1H3,(H5-,24,25,26,27,32,33,35,36)/b28-15-/t16-,21-/m1/s1. The SMILES string of the molecule is CCO/N=C(\C(=O)N[C@@H]1C(=O)N2C(C(=O)[O-])=C(C[n+]3ccn4cc(C(N)=O)ccc43)CS[C@H]12)c1csc(N)n1. The summed E-state index contributed by atoms with van der Waals surface area (Å²) in [6, 6.07) is 2.27. The van der Waals surface area contributed by atoms with Crippen molar-refractivity contribution in [1.82, 2.24) is 19.6 Å². The number of thiazole rings is 1. The molecular formula is C23H22N8O6S2. The summed E-state index contributed by atoms with van der Waals surface area (Å²) in [6.07, 6.45) is 5.00. The van der Waals surface area contributed by atoms with Gasteiger partial charge in [-0.2, -0.15) is 0 Å². The van der Waals surface area contributed by atoms with Crippen molar-refractivity contribution in [2.24, 2.45) is 10.9 Å². The van der Waals surface area contributed by atoms with E-state index in [0.717, 1.165) is 16.2 Å². The fourth-order valence-electron chi connectivity index (χ4n) is 4.32. The van der Waals surface area contributed by atoms with Gasteiger partial charge in [-0.3, -0.25) is 19.3 Å². The summed E-state index contributed by atoms with van der Waals surface area (Å²) in [4.78, 5) is 60.0. The number of anilines is 1. The van der Waals surface area contributed by atoms with Gasteiger partial charge >= 0.3 is 0 Å². The van der Waals surface area contributed by atoms with Gasteiger partial charge in [0.25, 0.3) is 23.4 Å². The van der Waals surface area contributed by atoms with Gasteiger partial charge in [-0.05, 0) is 13.0 Å². The molecule has 5 N–H and O–H groups in total. The van der Waals surface area contributed by atoms with Gasteiger partial charge < -0.3 is 31.5 Å². The summed E-state index contributed by atoms with van der Waals surface area (Å²) in [5.41, 5.74) is 12.3. The number of imidazole rings is 1. The Morgan fingerprint density at radius 1 is 1.36 bits per heavy atom. The van der Waals surface area contributed by atoms with Crippen LogP contribution in [0.3, 0.4) is 0 Å². The number of hydrogen-bond donors (Lipinski definition) is 3. The molecule has 3 aromatic heterocycles. The number of aliphatic carboxylic acids is 1. The fraction of sp³-hybridized carbons (Fsp3) is 0.261. The van der Waals surface area contributed by atoms with Crippen LogP contribution in [0.1, 0.15) is 23.0 Å². The van der Waals surface area contributed by atoms with Crippen LogP contribution in [0.15, 0.2) is 52.5 Å². The van der Waals surface area contributed by atoms with Crippen LogP contribution in [0.25, 0.3) is 5.65 Å². The molecule has 2 aliphatic rings. The Balaban J connectivity index is 1.37. The van der Waals surface area contributed by atoms with Crippen molar-refractivity contribution in [2.45, 2.75) is 24.9 Å². The Labute approximate surface area is 228 Å². The number of carboxylic acid groups (broad SMARTS) is 1. The van der Waals surface area contributed by atoms with Crippen LogP contribution in [-0.2, 0) is 25.8 Å². The minimum absolute atomic E-state index is 0.148. The maximum absolute atomic E-state index is 13.1. The largest absolute Gasteiger partial charge is 0.543 e. The topological polar surface area (TPSA) is 201 Å². The molecule has 5 heterocycles. The van der Waals surface area contributed by atoms with Gasteiger partial charge in [0.1, 0.15) is 48.9 Å². The maximum atomic E-state index is 13.1. The zero-order valence-electron chi connectivity index (χ0n) is 20.4. The number of carboxylic acids is 1. The molecule has 3 aromatic rings.